The molecule has 1 aromatic carbocycles. The Balaban J connectivity index is 2.63. The van der Waals surface area contributed by atoms with Crippen molar-refractivity contribution in [1.82, 2.24) is 8.96 Å². The Hall–Kier alpha value is -1.24. The van der Waals surface area contributed by atoms with E-state index in [0.29, 0.717) is 5.75 Å². The molecule has 0 saturated heterocycles. The number of ether oxygens (including phenoxy) is 1. The van der Waals surface area contributed by atoms with Crippen LogP contribution in [0.1, 0.15) is 0 Å². The first-order chi connectivity index (χ1) is 8.46. The predicted molar refractivity (Wildman–Crippen MR) is 67.8 cm³/mol. The van der Waals surface area contributed by atoms with Gasteiger partial charge >= 0.3 is 0 Å². The molecular formula is C10H8Cl2N2O3S. The van der Waals surface area contributed by atoms with E-state index >= 15 is 0 Å². The smallest absolute Gasteiger partial charge is 0.270 e. The number of hydrogen-bond acceptors (Lipinski definition) is 4. The van der Waals surface area contributed by atoms with Gasteiger partial charge in [-0.05, 0) is 6.07 Å². The Kier molecular flexibility index (Phi) is 3.52. The zero-order valence-corrected chi connectivity index (χ0v) is 11.5. The number of methoxy groups -OCH3 is 1. The second-order valence-corrected chi connectivity index (χ2v) is 5.94. The quantitative estimate of drug-likeness (QED) is 0.874. The first-order valence-electron chi connectivity index (χ1n) is 4.73. The molecule has 0 amide bonds. The van der Waals surface area contributed by atoms with E-state index in [-0.39, 0.29) is 14.9 Å². The van der Waals surface area contributed by atoms with Crippen molar-refractivity contribution in [3.05, 3.63) is 40.9 Å². The summed E-state index contributed by atoms with van der Waals surface area (Å²) in [5.41, 5.74) is 0. The molecule has 0 fully saturated rings. The Morgan fingerprint density at radius 2 is 2.00 bits per heavy atom. The third kappa shape index (κ3) is 2.19. The van der Waals surface area contributed by atoms with Crippen molar-refractivity contribution in [2.75, 3.05) is 7.11 Å². The molecule has 0 saturated carbocycles. The molecule has 0 N–H and O–H groups in total. The summed E-state index contributed by atoms with van der Waals surface area (Å²) in [6.45, 7) is 0. The number of imidazole rings is 1. The van der Waals surface area contributed by atoms with Crippen molar-refractivity contribution < 1.29 is 13.2 Å². The number of benzene rings is 1. The highest BCUT2D eigenvalue weighted by Crippen LogP contribution is 2.34. The Labute approximate surface area is 114 Å². The van der Waals surface area contributed by atoms with Gasteiger partial charge in [-0.3, -0.25) is 0 Å². The van der Waals surface area contributed by atoms with Crippen molar-refractivity contribution in [1.29, 1.82) is 0 Å². The van der Waals surface area contributed by atoms with Crippen LogP contribution in [0.2, 0.25) is 10.0 Å². The van der Waals surface area contributed by atoms with E-state index in [9.17, 15) is 8.42 Å². The lowest BCUT2D eigenvalue weighted by molar-refractivity contribution is 0.414. The second kappa shape index (κ2) is 4.79. The number of nitrogens with zero attached hydrogens (tertiary/aromatic N) is 2. The molecule has 0 atom stereocenters. The molecule has 5 nitrogen and oxygen atoms in total. The summed E-state index contributed by atoms with van der Waals surface area (Å²) in [5.74, 6) is 0.311. The van der Waals surface area contributed by atoms with Gasteiger partial charge < -0.3 is 4.74 Å². The van der Waals surface area contributed by atoms with Crippen molar-refractivity contribution in [2.45, 2.75) is 4.90 Å². The second-order valence-electron chi connectivity index (χ2n) is 3.31. The number of halogens is 2. The molecule has 0 aliphatic carbocycles. The topological polar surface area (TPSA) is 61.2 Å². The van der Waals surface area contributed by atoms with Gasteiger partial charge in [0.05, 0.1) is 17.2 Å². The van der Waals surface area contributed by atoms with Crippen LogP contribution in [-0.2, 0) is 10.0 Å². The molecule has 0 radical (unpaired) electrons. The van der Waals surface area contributed by atoms with Crippen LogP contribution < -0.4 is 4.74 Å². The highest BCUT2D eigenvalue weighted by Gasteiger charge is 2.22. The van der Waals surface area contributed by atoms with Crippen LogP contribution in [-0.4, -0.2) is 24.5 Å². The minimum atomic E-state index is -3.79. The van der Waals surface area contributed by atoms with Gasteiger partial charge in [-0.15, -0.1) is 0 Å². The van der Waals surface area contributed by atoms with Crippen molar-refractivity contribution >= 4 is 33.2 Å². The number of aromatic nitrogens is 2. The van der Waals surface area contributed by atoms with Crippen molar-refractivity contribution in [3.8, 4) is 5.75 Å². The largest absolute Gasteiger partial charge is 0.495 e. The van der Waals surface area contributed by atoms with Gasteiger partial charge in [0, 0.05) is 18.5 Å². The fraction of sp³-hybridized carbons (Fsp3) is 0.100. The van der Waals surface area contributed by atoms with Gasteiger partial charge in [-0.25, -0.2) is 17.4 Å². The Bertz CT molecular complexity index is 669. The maximum atomic E-state index is 12.2. The molecule has 2 rings (SSSR count). The van der Waals surface area contributed by atoms with Crippen LogP contribution in [0.4, 0.5) is 0 Å². The summed E-state index contributed by atoms with van der Waals surface area (Å²) < 4.78 is 30.3. The third-order valence-corrected chi connectivity index (χ3v) is 4.63. The van der Waals surface area contributed by atoms with Gasteiger partial charge in [-0.2, -0.15) is 0 Å². The van der Waals surface area contributed by atoms with E-state index in [4.69, 9.17) is 27.9 Å². The van der Waals surface area contributed by atoms with Gasteiger partial charge in [0.25, 0.3) is 10.0 Å². The molecule has 2 aromatic rings. The highest BCUT2D eigenvalue weighted by molar-refractivity contribution is 7.90. The summed E-state index contributed by atoms with van der Waals surface area (Å²) in [4.78, 5) is 3.58. The van der Waals surface area contributed by atoms with E-state index in [1.807, 2.05) is 0 Å². The minimum absolute atomic E-state index is 0.0324. The van der Waals surface area contributed by atoms with Gasteiger partial charge in [-0.1, -0.05) is 23.2 Å². The van der Waals surface area contributed by atoms with Crippen molar-refractivity contribution in [2.24, 2.45) is 0 Å². The summed E-state index contributed by atoms with van der Waals surface area (Å²) in [5, 5.41) is 0.200. The van der Waals surface area contributed by atoms with Crippen LogP contribution in [0.5, 0.6) is 5.75 Å². The molecule has 0 bridgehead atoms. The van der Waals surface area contributed by atoms with Crippen LogP contribution in [0.25, 0.3) is 0 Å². The first-order valence-corrected chi connectivity index (χ1v) is 6.93. The number of rotatable bonds is 3. The predicted octanol–water partition coefficient (Wildman–Crippen LogP) is 2.44. The van der Waals surface area contributed by atoms with Crippen molar-refractivity contribution in [3.63, 3.8) is 0 Å². The molecular weight excluding hydrogens is 299 g/mol. The van der Waals surface area contributed by atoms with Crippen LogP contribution in [0.15, 0.2) is 35.7 Å². The maximum Gasteiger partial charge on any atom is 0.270 e. The summed E-state index contributed by atoms with van der Waals surface area (Å²) in [6.07, 6.45) is 3.84. The van der Waals surface area contributed by atoms with Crippen LogP contribution in [0.3, 0.4) is 0 Å². The molecule has 0 aliphatic rings. The average Bonchev–Trinajstić information content (AvgIpc) is 2.85. The monoisotopic (exact) mass is 306 g/mol. The van der Waals surface area contributed by atoms with E-state index in [1.54, 1.807) is 0 Å². The van der Waals surface area contributed by atoms with Crippen LogP contribution >= 0.6 is 23.2 Å². The molecule has 18 heavy (non-hydrogen) atoms. The highest BCUT2D eigenvalue weighted by atomic mass is 35.5. The molecule has 1 heterocycles. The van der Waals surface area contributed by atoms with Gasteiger partial charge in [0.2, 0.25) is 0 Å². The molecule has 1 aromatic heterocycles. The van der Waals surface area contributed by atoms with E-state index in [0.717, 1.165) is 3.97 Å². The zero-order chi connectivity index (χ0) is 13.3. The Morgan fingerprint density at radius 1 is 1.28 bits per heavy atom. The molecule has 0 spiro atoms. The lowest BCUT2D eigenvalue weighted by Gasteiger charge is -2.10. The lowest BCUT2D eigenvalue weighted by atomic mass is 10.3. The summed E-state index contributed by atoms with van der Waals surface area (Å²) >= 11 is 11.8. The average molecular weight is 307 g/mol. The molecule has 0 unspecified atom stereocenters. The summed E-state index contributed by atoms with van der Waals surface area (Å²) in [7, 11) is -2.37. The Morgan fingerprint density at radius 3 is 2.56 bits per heavy atom. The van der Waals surface area contributed by atoms with E-state index < -0.39 is 10.0 Å². The zero-order valence-electron chi connectivity index (χ0n) is 9.17. The molecule has 8 heteroatoms. The lowest BCUT2D eigenvalue weighted by Crippen LogP contribution is -2.11. The molecule has 0 aliphatic heterocycles. The normalized spacial score (nSPS) is 11.5. The van der Waals surface area contributed by atoms with Crippen LogP contribution in [0, 0.1) is 0 Å². The fourth-order valence-electron chi connectivity index (χ4n) is 1.37. The minimum Gasteiger partial charge on any atom is -0.495 e. The SMILES string of the molecule is COc1cc(Cl)c(S(=O)(=O)n2ccnc2)cc1Cl. The summed E-state index contributed by atoms with van der Waals surface area (Å²) in [6, 6.07) is 2.60. The number of hydrogen-bond donors (Lipinski definition) is 0. The van der Waals surface area contributed by atoms with Gasteiger partial charge in [0.15, 0.2) is 0 Å². The van der Waals surface area contributed by atoms with Gasteiger partial charge in [0.1, 0.15) is 17.0 Å². The maximum absolute atomic E-state index is 12.2. The van der Waals surface area contributed by atoms with E-state index in [2.05, 4.69) is 4.98 Å². The standard InChI is InChI=1S/C10H8Cl2N2O3S/c1-17-9-4-8(12)10(5-7(9)11)18(15,16)14-3-2-13-6-14/h2-6H,1H3. The first kappa shape index (κ1) is 13.2. The third-order valence-electron chi connectivity index (χ3n) is 2.24. The molecule has 96 valence electrons. The fourth-order valence-corrected chi connectivity index (χ4v) is 3.31. The van der Waals surface area contributed by atoms with E-state index in [1.165, 1.54) is 38.0 Å².